The molecule has 0 unspecified atom stereocenters. The van der Waals surface area contributed by atoms with Gasteiger partial charge in [0.1, 0.15) is 17.1 Å². The van der Waals surface area contributed by atoms with Crippen LogP contribution in [0.1, 0.15) is 30.9 Å². The molecule has 0 radical (unpaired) electrons. The van der Waals surface area contributed by atoms with Crippen LogP contribution in [-0.2, 0) is 13.0 Å². The van der Waals surface area contributed by atoms with Gasteiger partial charge >= 0.3 is 5.63 Å². The van der Waals surface area contributed by atoms with Crippen molar-refractivity contribution in [3.05, 3.63) is 69.8 Å². The number of fused-ring (bicyclic) bond motifs is 3. The number of anilines is 1. The molecule has 0 fully saturated rings. The number of rotatable bonds is 4. The number of nitrogens with zero attached hydrogens (tertiary/aromatic N) is 1. The molecule has 3 aromatic rings. The van der Waals surface area contributed by atoms with E-state index in [0.29, 0.717) is 18.9 Å². The summed E-state index contributed by atoms with van der Waals surface area (Å²) in [5.41, 5.74) is 2.98. The van der Waals surface area contributed by atoms with Gasteiger partial charge in [0, 0.05) is 17.1 Å². The third-order valence-electron chi connectivity index (χ3n) is 4.77. The quantitative estimate of drug-likeness (QED) is 0.641. The molecule has 0 N–H and O–H groups in total. The predicted octanol–water partition coefficient (Wildman–Crippen LogP) is 4.63. The normalized spacial score (nSPS) is 13.5. The molecule has 0 saturated heterocycles. The van der Waals surface area contributed by atoms with Crippen molar-refractivity contribution in [1.82, 2.24) is 0 Å². The SMILES string of the molecule is CCCCc1cc(=O)oc2c3c(ccc12)OCN(c1ccc(F)cc1)C3. The van der Waals surface area contributed by atoms with Crippen molar-refractivity contribution in [3.8, 4) is 5.75 Å². The molecule has 1 aliphatic heterocycles. The van der Waals surface area contributed by atoms with E-state index in [-0.39, 0.29) is 11.4 Å². The summed E-state index contributed by atoms with van der Waals surface area (Å²) in [5, 5.41) is 0.960. The van der Waals surface area contributed by atoms with Gasteiger partial charge in [-0.3, -0.25) is 0 Å². The summed E-state index contributed by atoms with van der Waals surface area (Å²) < 4.78 is 24.6. The van der Waals surface area contributed by atoms with Gasteiger partial charge in [-0.2, -0.15) is 0 Å². The highest BCUT2D eigenvalue weighted by atomic mass is 19.1. The molecular formula is C21H20FNO3. The fourth-order valence-electron chi connectivity index (χ4n) is 3.39. The van der Waals surface area contributed by atoms with Crippen LogP contribution in [0.5, 0.6) is 5.75 Å². The first-order chi connectivity index (χ1) is 12.7. The lowest BCUT2D eigenvalue weighted by Gasteiger charge is -2.31. The summed E-state index contributed by atoms with van der Waals surface area (Å²) in [4.78, 5) is 14.1. The Kier molecular flexibility index (Phi) is 4.37. The number of hydrogen-bond donors (Lipinski definition) is 0. The van der Waals surface area contributed by atoms with Crippen LogP contribution in [0.25, 0.3) is 11.0 Å². The standard InChI is InChI=1S/C21H20FNO3/c1-2-3-4-14-11-20(24)26-21-17(14)9-10-19-18(21)12-23(13-25-19)16-7-5-15(22)6-8-16/h5-11H,2-4,12-13H2,1H3. The zero-order chi connectivity index (χ0) is 18.1. The highest BCUT2D eigenvalue weighted by Crippen LogP contribution is 2.35. The molecule has 1 aliphatic rings. The highest BCUT2D eigenvalue weighted by Gasteiger charge is 2.22. The highest BCUT2D eigenvalue weighted by molar-refractivity contribution is 5.85. The second-order valence-corrected chi connectivity index (χ2v) is 6.56. The van der Waals surface area contributed by atoms with E-state index < -0.39 is 0 Å². The van der Waals surface area contributed by atoms with Crippen molar-refractivity contribution >= 4 is 16.7 Å². The van der Waals surface area contributed by atoms with E-state index in [4.69, 9.17) is 9.15 Å². The lowest BCUT2D eigenvalue weighted by Crippen LogP contribution is -2.32. The molecule has 4 rings (SSSR count). The van der Waals surface area contributed by atoms with E-state index >= 15 is 0 Å². The summed E-state index contributed by atoms with van der Waals surface area (Å²) in [6.45, 7) is 3.03. The Bertz CT molecular complexity index is 995. The summed E-state index contributed by atoms with van der Waals surface area (Å²) >= 11 is 0. The number of ether oxygens (including phenoxy) is 1. The van der Waals surface area contributed by atoms with Gasteiger partial charge in [-0.25, -0.2) is 9.18 Å². The number of halogens is 1. The van der Waals surface area contributed by atoms with Crippen LogP contribution in [0.15, 0.2) is 51.7 Å². The van der Waals surface area contributed by atoms with Crippen LogP contribution in [0.2, 0.25) is 0 Å². The van der Waals surface area contributed by atoms with E-state index in [2.05, 4.69) is 6.92 Å². The fraction of sp³-hybridized carbons (Fsp3) is 0.286. The first-order valence-corrected chi connectivity index (χ1v) is 8.87. The largest absolute Gasteiger partial charge is 0.473 e. The van der Waals surface area contributed by atoms with Crippen molar-refractivity contribution in [2.75, 3.05) is 11.6 Å². The topological polar surface area (TPSA) is 42.7 Å². The minimum absolute atomic E-state index is 0.274. The van der Waals surface area contributed by atoms with Crippen molar-refractivity contribution < 1.29 is 13.5 Å². The molecule has 0 amide bonds. The third-order valence-corrected chi connectivity index (χ3v) is 4.77. The van der Waals surface area contributed by atoms with Crippen LogP contribution in [-0.4, -0.2) is 6.73 Å². The molecule has 0 aliphatic carbocycles. The first-order valence-electron chi connectivity index (χ1n) is 8.87. The maximum absolute atomic E-state index is 13.2. The van der Waals surface area contributed by atoms with Gasteiger partial charge in [-0.1, -0.05) is 13.3 Å². The molecule has 0 saturated carbocycles. The second kappa shape index (κ2) is 6.83. The number of hydrogen-bond acceptors (Lipinski definition) is 4. The molecule has 4 nitrogen and oxygen atoms in total. The summed E-state index contributed by atoms with van der Waals surface area (Å²) in [6, 6.07) is 11.8. The molecular weight excluding hydrogens is 333 g/mol. The molecule has 0 atom stereocenters. The van der Waals surface area contributed by atoms with Crippen molar-refractivity contribution in [1.29, 1.82) is 0 Å². The van der Waals surface area contributed by atoms with Gasteiger partial charge in [0.2, 0.25) is 0 Å². The van der Waals surface area contributed by atoms with E-state index in [1.165, 1.54) is 12.1 Å². The van der Waals surface area contributed by atoms with Gasteiger partial charge in [0.15, 0.2) is 6.73 Å². The Morgan fingerprint density at radius 3 is 2.73 bits per heavy atom. The number of unbranched alkanes of at least 4 members (excludes halogenated alkanes) is 1. The van der Waals surface area contributed by atoms with E-state index in [9.17, 15) is 9.18 Å². The molecule has 2 aromatic carbocycles. The average Bonchev–Trinajstić information content (AvgIpc) is 2.66. The molecule has 2 heterocycles. The third kappa shape index (κ3) is 3.05. The zero-order valence-electron chi connectivity index (χ0n) is 14.6. The number of benzene rings is 2. The van der Waals surface area contributed by atoms with Crippen LogP contribution in [0.3, 0.4) is 0 Å². The van der Waals surface area contributed by atoms with E-state index in [0.717, 1.165) is 47.2 Å². The van der Waals surface area contributed by atoms with Crippen molar-refractivity contribution in [3.63, 3.8) is 0 Å². The Labute approximate surface area is 150 Å². The van der Waals surface area contributed by atoms with Crippen LogP contribution < -0.4 is 15.3 Å². The lowest BCUT2D eigenvalue weighted by molar-refractivity contribution is 0.289. The van der Waals surface area contributed by atoms with E-state index in [1.54, 1.807) is 18.2 Å². The van der Waals surface area contributed by atoms with Gasteiger partial charge in [0.05, 0.1) is 12.1 Å². The second-order valence-electron chi connectivity index (χ2n) is 6.56. The predicted molar refractivity (Wildman–Crippen MR) is 99.2 cm³/mol. The van der Waals surface area contributed by atoms with Crippen molar-refractivity contribution in [2.45, 2.75) is 32.7 Å². The Morgan fingerprint density at radius 2 is 1.96 bits per heavy atom. The lowest BCUT2D eigenvalue weighted by atomic mass is 10.0. The zero-order valence-corrected chi connectivity index (χ0v) is 14.6. The Hall–Kier alpha value is -2.82. The van der Waals surface area contributed by atoms with Gasteiger partial charge in [0.25, 0.3) is 0 Å². The van der Waals surface area contributed by atoms with Crippen LogP contribution in [0.4, 0.5) is 10.1 Å². The molecule has 26 heavy (non-hydrogen) atoms. The van der Waals surface area contributed by atoms with Gasteiger partial charge < -0.3 is 14.1 Å². The maximum Gasteiger partial charge on any atom is 0.336 e. The summed E-state index contributed by atoms with van der Waals surface area (Å²) in [7, 11) is 0. The molecule has 0 bridgehead atoms. The van der Waals surface area contributed by atoms with Crippen molar-refractivity contribution in [2.24, 2.45) is 0 Å². The smallest absolute Gasteiger partial charge is 0.336 e. The maximum atomic E-state index is 13.2. The fourth-order valence-corrected chi connectivity index (χ4v) is 3.39. The average molecular weight is 353 g/mol. The minimum Gasteiger partial charge on any atom is -0.473 e. The van der Waals surface area contributed by atoms with Crippen LogP contribution >= 0.6 is 0 Å². The number of aryl methyl sites for hydroxylation is 1. The first kappa shape index (κ1) is 16.6. The molecule has 1 aromatic heterocycles. The Morgan fingerprint density at radius 1 is 1.15 bits per heavy atom. The Balaban J connectivity index is 1.78. The summed E-state index contributed by atoms with van der Waals surface area (Å²) in [5.74, 6) is 0.454. The molecule has 5 heteroatoms. The van der Waals surface area contributed by atoms with E-state index in [1.807, 2.05) is 17.0 Å². The molecule has 134 valence electrons. The van der Waals surface area contributed by atoms with Crippen LogP contribution in [0, 0.1) is 5.82 Å². The molecule has 0 spiro atoms. The minimum atomic E-state index is -0.337. The van der Waals surface area contributed by atoms with Gasteiger partial charge in [-0.05, 0) is 54.8 Å². The summed E-state index contributed by atoms with van der Waals surface area (Å²) in [6.07, 6.45) is 2.93. The van der Waals surface area contributed by atoms with Gasteiger partial charge in [-0.15, -0.1) is 0 Å². The monoisotopic (exact) mass is 353 g/mol.